The Morgan fingerprint density at radius 2 is 1.87 bits per heavy atom. The standard InChI is InChI=1S/C26H25N7O3S2/c1-16-12-19(33-25(28-16)29-30-31-33)37-14-26(13-32-22(34)20(27)23(32)38-15-26)24(35)36-21(17-8-4-2-5-9-17)18-10-6-3-7-11-18/h2-12,20-21,23H,13-15,27H2,1H3/t20?,23-,26?/m1/s1. The van der Waals surface area contributed by atoms with Gasteiger partial charge in [0, 0.05) is 23.7 Å². The molecule has 4 aromatic rings. The molecule has 0 aliphatic carbocycles. The number of hydrogen-bond acceptors (Lipinski definition) is 10. The molecular weight excluding hydrogens is 522 g/mol. The van der Waals surface area contributed by atoms with Crippen molar-refractivity contribution in [3.63, 3.8) is 0 Å². The van der Waals surface area contributed by atoms with E-state index in [0.29, 0.717) is 17.3 Å². The van der Waals surface area contributed by atoms with Gasteiger partial charge in [0.1, 0.15) is 21.9 Å². The molecule has 0 bridgehead atoms. The normalized spacial score (nSPS) is 22.8. The number of carbonyl (C=O) groups excluding carboxylic acids is 2. The molecule has 2 saturated heterocycles. The van der Waals surface area contributed by atoms with Crippen LogP contribution in [-0.2, 0) is 14.3 Å². The van der Waals surface area contributed by atoms with E-state index in [1.54, 1.807) is 9.42 Å². The van der Waals surface area contributed by atoms with Crippen LogP contribution in [0.4, 0.5) is 0 Å². The van der Waals surface area contributed by atoms with Gasteiger partial charge in [0.15, 0.2) is 6.10 Å². The highest BCUT2D eigenvalue weighted by Crippen LogP contribution is 2.45. The van der Waals surface area contributed by atoms with Crippen molar-refractivity contribution in [2.45, 2.75) is 29.5 Å². The summed E-state index contributed by atoms with van der Waals surface area (Å²) >= 11 is 2.98. The van der Waals surface area contributed by atoms with Crippen molar-refractivity contribution < 1.29 is 14.3 Å². The van der Waals surface area contributed by atoms with Crippen LogP contribution in [0, 0.1) is 12.3 Å². The summed E-state index contributed by atoms with van der Waals surface area (Å²) in [6.07, 6.45) is -0.585. The lowest BCUT2D eigenvalue weighted by molar-refractivity contribution is -0.163. The largest absolute Gasteiger partial charge is 0.452 e. The lowest BCUT2D eigenvalue weighted by Crippen LogP contribution is -2.72. The second kappa shape index (κ2) is 10.0. The predicted octanol–water partition coefficient (Wildman–Crippen LogP) is 2.48. The first-order valence-corrected chi connectivity index (χ1v) is 14.2. The van der Waals surface area contributed by atoms with E-state index < -0.39 is 17.6 Å². The van der Waals surface area contributed by atoms with E-state index in [0.717, 1.165) is 21.8 Å². The van der Waals surface area contributed by atoms with E-state index in [1.807, 2.05) is 73.7 Å². The van der Waals surface area contributed by atoms with Gasteiger partial charge in [-0.05, 0) is 34.5 Å². The number of amides is 1. The zero-order chi connectivity index (χ0) is 26.3. The zero-order valence-corrected chi connectivity index (χ0v) is 22.1. The van der Waals surface area contributed by atoms with Crippen LogP contribution >= 0.6 is 23.5 Å². The molecule has 2 aliphatic heterocycles. The molecular formula is C26H25N7O3S2. The second-order valence-electron chi connectivity index (χ2n) is 9.50. The number of aromatic nitrogens is 5. The number of benzene rings is 2. The van der Waals surface area contributed by atoms with Crippen LogP contribution in [0.5, 0.6) is 0 Å². The number of nitrogens with zero attached hydrogens (tertiary/aromatic N) is 6. The van der Waals surface area contributed by atoms with Gasteiger partial charge < -0.3 is 15.4 Å². The fourth-order valence-corrected chi connectivity index (χ4v) is 7.60. The molecule has 3 atom stereocenters. The number of β-lactam (4-membered cyclic amide) rings is 1. The van der Waals surface area contributed by atoms with E-state index in [4.69, 9.17) is 10.5 Å². The summed E-state index contributed by atoms with van der Waals surface area (Å²) in [5.74, 6) is 0.717. The summed E-state index contributed by atoms with van der Waals surface area (Å²) in [6, 6.07) is 20.7. The third kappa shape index (κ3) is 4.42. The number of fused-ring (bicyclic) bond motifs is 2. The van der Waals surface area contributed by atoms with Crippen molar-refractivity contribution >= 4 is 41.2 Å². The number of aryl methyl sites for hydroxylation is 1. The Morgan fingerprint density at radius 3 is 2.55 bits per heavy atom. The summed E-state index contributed by atoms with van der Waals surface area (Å²) in [4.78, 5) is 32.8. The maximum atomic E-state index is 14.2. The Balaban J connectivity index is 1.33. The first kappa shape index (κ1) is 24.8. The Labute approximate surface area is 227 Å². The highest BCUT2D eigenvalue weighted by atomic mass is 32.2. The fourth-order valence-electron chi connectivity index (χ4n) is 4.75. The van der Waals surface area contributed by atoms with Crippen LogP contribution in [0.2, 0.25) is 0 Å². The average molecular weight is 548 g/mol. The molecule has 0 saturated carbocycles. The van der Waals surface area contributed by atoms with E-state index in [-0.39, 0.29) is 23.8 Å². The summed E-state index contributed by atoms with van der Waals surface area (Å²) < 4.78 is 7.88. The number of nitrogens with two attached hydrogens (primary N) is 1. The molecule has 6 rings (SSSR count). The molecule has 2 N–H and O–H groups in total. The van der Waals surface area contributed by atoms with E-state index in [9.17, 15) is 9.59 Å². The van der Waals surface area contributed by atoms with Crippen LogP contribution in [0.15, 0.2) is 71.8 Å². The van der Waals surface area contributed by atoms with Gasteiger partial charge >= 0.3 is 5.97 Å². The Morgan fingerprint density at radius 1 is 1.18 bits per heavy atom. The molecule has 0 radical (unpaired) electrons. The number of tetrazole rings is 1. The monoisotopic (exact) mass is 547 g/mol. The molecule has 4 heterocycles. The minimum atomic E-state index is -0.971. The first-order chi connectivity index (χ1) is 18.4. The van der Waals surface area contributed by atoms with Gasteiger partial charge in [-0.15, -0.1) is 23.5 Å². The Kier molecular flexibility index (Phi) is 6.54. The van der Waals surface area contributed by atoms with Crippen LogP contribution in [0.25, 0.3) is 5.78 Å². The summed E-state index contributed by atoms with van der Waals surface area (Å²) in [5, 5.41) is 12.4. The third-order valence-corrected chi connectivity index (χ3v) is 9.71. The van der Waals surface area contributed by atoms with E-state index in [1.165, 1.54) is 23.5 Å². The van der Waals surface area contributed by atoms with Crippen LogP contribution in [0.3, 0.4) is 0 Å². The minimum Gasteiger partial charge on any atom is -0.452 e. The van der Waals surface area contributed by atoms with Gasteiger partial charge in [-0.1, -0.05) is 65.8 Å². The molecule has 2 aromatic heterocycles. The number of thioether (sulfide) groups is 2. The number of rotatable bonds is 7. The zero-order valence-electron chi connectivity index (χ0n) is 20.5. The molecule has 10 nitrogen and oxygen atoms in total. The van der Waals surface area contributed by atoms with Gasteiger partial charge in [-0.3, -0.25) is 9.59 Å². The molecule has 38 heavy (non-hydrogen) atoms. The SMILES string of the molecule is Cc1cc(SCC2(C(=O)OC(c3ccccc3)c3ccccc3)CS[C@@H]3C(N)C(=O)N3C2)n2nnnc2n1. The maximum absolute atomic E-state index is 14.2. The summed E-state index contributed by atoms with van der Waals surface area (Å²) in [6.45, 7) is 2.11. The van der Waals surface area contributed by atoms with Crippen LogP contribution in [0.1, 0.15) is 22.9 Å². The maximum Gasteiger partial charge on any atom is 0.316 e. The van der Waals surface area contributed by atoms with Crippen molar-refractivity contribution in [1.29, 1.82) is 0 Å². The van der Waals surface area contributed by atoms with Crippen molar-refractivity contribution in [3.8, 4) is 0 Å². The van der Waals surface area contributed by atoms with Gasteiger partial charge in [0.05, 0.1) is 0 Å². The van der Waals surface area contributed by atoms with E-state index in [2.05, 4.69) is 20.5 Å². The summed E-state index contributed by atoms with van der Waals surface area (Å²) in [5.41, 5.74) is 7.58. The molecule has 2 unspecified atom stereocenters. The highest BCUT2D eigenvalue weighted by molar-refractivity contribution is 8.00. The topological polar surface area (TPSA) is 129 Å². The fraction of sp³-hybridized carbons (Fsp3) is 0.308. The first-order valence-electron chi connectivity index (χ1n) is 12.1. The van der Waals surface area contributed by atoms with Crippen LogP contribution < -0.4 is 5.73 Å². The molecule has 2 aliphatic rings. The minimum absolute atomic E-state index is 0.123. The van der Waals surface area contributed by atoms with Gasteiger partial charge in [0.25, 0.3) is 5.78 Å². The average Bonchev–Trinajstić information content (AvgIpc) is 3.43. The van der Waals surface area contributed by atoms with Crippen molar-refractivity contribution in [3.05, 3.63) is 83.6 Å². The molecule has 2 fully saturated rings. The van der Waals surface area contributed by atoms with Gasteiger partial charge in [0.2, 0.25) is 5.91 Å². The Bertz CT molecular complexity index is 1450. The number of carbonyl (C=O) groups is 2. The predicted molar refractivity (Wildman–Crippen MR) is 143 cm³/mol. The van der Waals surface area contributed by atoms with E-state index >= 15 is 0 Å². The Hall–Kier alpha value is -3.48. The smallest absolute Gasteiger partial charge is 0.316 e. The number of hydrogen-bond donors (Lipinski definition) is 1. The highest BCUT2D eigenvalue weighted by Gasteiger charge is 2.56. The number of ether oxygens (including phenoxy) is 1. The van der Waals surface area contributed by atoms with Gasteiger partial charge in [-0.2, -0.15) is 4.52 Å². The van der Waals surface area contributed by atoms with Crippen LogP contribution in [-0.4, -0.2) is 71.3 Å². The lowest BCUT2D eigenvalue weighted by Gasteiger charge is -2.53. The molecule has 0 spiro atoms. The lowest BCUT2D eigenvalue weighted by atomic mass is 9.89. The van der Waals surface area contributed by atoms with Gasteiger partial charge in [-0.25, -0.2) is 4.98 Å². The molecule has 12 heteroatoms. The quantitative estimate of drug-likeness (QED) is 0.159. The number of esters is 1. The second-order valence-corrected chi connectivity index (χ2v) is 11.6. The summed E-state index contributed by atoms with van der Waals surface area (Å²) in [7, 11) is 0. The van der Waals surface area contributed by atoms with Crippen molar-refractivity contribution in [1.82, 2.24) is 29.9 Å². The molecule has 194 valence electrons. The van der Waals surface area contributed by atoms with Crippen molar-refractivity contribution in [2.24, 2.45) is 11.1 Å². The molecule has 1 amide bonds. The van der Waals surface area contributed by atoms with Crippen molar-refractivity contribution in [2.75, 3.05) is 18.1 Å². The molecule has 2 aromatic carbocycles. The third-order valence-electron chi connectivity index (χ3n) is 6.82.